The molecule has 124 valence electrons. The molecule has 0 bridgehead atoms. The molecule has 1 spiro atoms. The number of hydrogen-bond donors (Lipinski definition) is 2. The fourth-order valence-electron chi connectivity index (χ4n) is 4.38. The van der Waals surface area contributed by atoms with Crippen molar-refractivity contribution in [3.05, 3.63) is 24.0 Å². The number of Topliss-reactive ketones (excluding diaryl/α,β-unsaturated/α-hetero) is 1. The van der Waals surface area contributed by atoms with Crippen LogP contribution in [0.3, 0.4) is 0 Å². The number of hydrogen-bond acceptors (Lipinski definition) is 3. The second-order valence-electron chi connectivity index (χ2n) is 7.76. The Morgan fingerprint density at radius 3 is 2.70 bits per heavy atom. The molecule has 23 heavy (non-hydrogen) atoms. The van der Waals surface area contributed by atoms with Gasteiger partial charge in [-0.05, 0) is 42.7 Å². The van der Waals surface area contributed by atoms with Crippen molar-refractivity contribution in [1.29, 1.82) is 0 Å². The Balaban J connectivity index is 1.81. The van der Waals surface area contributed by atoms with Gasteiger partial charge in [-0.15, -0.1) is 0 Å². The van der Waals surface area contributed by atoms with Crippen LogP contribution in [0.5, 0.6) is 0 Å². The fourth-order valence-corrected chi connectivity index (χ4v) is 4.38. The van der Waals surface area contributed by atoms with E-state index in [1.54, 1.807) is 18.3 Å². The Kier molecular flexibility index (Phi) is 3.58. The van der Waals surface area contributed by atoms with Crippen molar-refractivity contribution in [2.75, 3.05) is 6.54 Å². The van der Waals surface area contributed by atoms with Crippen molar-refractivity contribution in [3.63, 3.8) is 0 Å². The smallest absolute Gasteiger partial charge is 0.325 e. The van der Waals surface area contributed by atoms with Crippen LogP contribution >= 0.6 is 0 Å². The van der Waals surface area contributed by atoms with E-state index in [1.807, 2.05) is 0 Å². The minimum atomic E-state index is -0.853. The van der Waals surface area contributed by atoms with Crippen molar-refractivity contribution in [2.45, 2.75) is 45.6 Å². The van der Waals surface area contributed by atoms with E-state index in [0.29, 0.717) is 24.5 Å². The van der Waals surface area contributed by atoms with E-state index < -0.39 is 11.6 Å². The first-order valence-electron chi connectivity index (χ1n) is 8.03. The molecule has 3 rings (SSSR count). The summed E-state index contributed by atoms with van der Waals surface area (Å²) in [5.41, 5.74) is -0.460. The largest absolute Gasteiger partial charge is 0.359 e. The second kappa shape index (κ2) is 5.22. The van der Waals surface area contributed by atoms with Crippen molar-refractivity contribution in [2.24, 2.45) is 11.3 Å². The summed E-state index contributed by atoms with van der Waals surface area (Å²) in [5.74, 6) is -0.178. The lowest BCUT2D eigenvalue weighted by Gasteiger charge is -2.43. The molecule has 1 saturated heterocycles. The number of carbonyl (C=O) groups excluding carboxylic acids is 3. The molecule has 1 aromatic rings. The number of rotatable bonds is 3. The molecule has 3 amide bonds. The van der Waals surface area contributed by atoms with E-state index in [-0.39, 0.29) is 23.7 Å². The third-order valence-electron chi connectivity index (χ3n) is 4.82. The van der Waals surface area contributed by atoms with Gasteiger partial charge < -0.3 is 10.3 Å². The van der Waals surface area contributed by atoms with Gasteiger partial charge in [0.1, 0.15) is 5.54 Å². The van der Waals surface area contributed by atoms with E-state index in [2.05, 4.69) is 31.1 Å². The molecule has 2 fully saturated rings. The quantitative estimate of drug-likeness (QED) is 0.663. The van der Waals surface area contributed by atoms with Crippen molar-refractivity contribution in [1.82, 2.24) is 15.2 Å². The van der Waals surface area contributed by atoms with Crippen LogP contribution in [0.2, 0.25) is 0 Å². The predicted octanol–water partition coefficient (Wildman–Crippen LogP) is 2.33. The van der Waals surface area contributed by atoms with Crippen molar-refractivity contribution >= 4 is 17.7 Å². The Bertz CT molecular complexity index is 650. The third kappa shape index (κ3) is 2.78. The lowest BCUT2D eigenvalue weighted by molar-refractivity contribution is -0.134. The van der Waals surface area contributed by atoms with Crippen LogP contribution in [0, 0.1) is 11.3 Å². The van der Waals surface area contributed by atoms with Crippen LogP contribution in [-0.4, -0.2) is 39.7 Å². The molecule has 0 radical (unpaired) electrons. The Labute approximate surface area is 135 Å². The van der Waals surface area contributed by atoms with Crippen molar-refractivity contribution < 1.29 is 14.4 Å². The number of amides is 3. The van der Waals surface area contributed by atoms with Crippen LogP contribution in [0.4, 0.5) is 4.79 Å². The normalized spacial score (nSPS) is 29.9. The first-order chi connectivity index (χ1) is 10.7. The van der Waals surface area contributed by atoms with Gasteiger partial charge in [0.05, 0.1) is 12.2 Å². The molecule has 1 aliphatic heterocycles. The molecule has 0 unspecified atom stereocenters. The maximum atomic E-state index is 12.9. The highest BCUT2D eigenvalue weighted by atomic mass is 16.2. The first kappa shape index (κ1) is 15.8. The number of nitrogens with one attached hydrogen (secondary N) is 2. The summed E-state index contributed by atoms with van der Waals surface area (Å²) in [6.45, 7) is 6.13. The SMILES string of the molecule is C[C@@H]1CC(C)(C)C[C@]2(C1)NC(=O)N(CC(=O)c1ccc[nH]1)C2=O. The lowest BCUT2D eigenvalue weighted by atomic mass is 9.64. The number of aromatic nitrogens is 1. The van der Waals surface area contributed by atoms with Gasteiger partial charge in [-0.25, -0.2) is 4.79 Å². The zero-order valence-electron chi connectivity index (χ0n) is 13.8. The van der Waals surface area contributed by atoms with E-state index in [9.17, 15) is 14.4 Å². The average molecular weight is 317 g/mol. The van der Waals surface area contributed by atoms with Gasteiger partial charge in [0.15, 0.2) is 5.78 Å². The Morgan fingerprint density at radius 2 is 2.09 bits per heavy atom. The molecule has 1 aromatic heterocycles. The highest BCUT2D eigenvalue weighted by Gasteiger charge is 2.56. The van der Waals surface area contributed by atoms with Crippen LogP contribution < -0.4 is 5.32 Å². The summed E-state index contributed by atoms with van der Waals surface area (Å²) in [5, 5.41) is 2.88. The molecule has 6 nitrogen and oxygen atoms in total. The molecule has 2 heterocycles. The number of nitrogens with zero attached hydrogens (tertiary/aromatic N) is 1. The summed E-state index contributed by atoms with van der Waals surface area (Å²) in [6.07, 6.45) is 3.92. The van der Waals surface area contributed by atoms with Gasteiger partial charge in [-0.2, -0.15) is 0 Å². The van der Waals surface area contributed by atoms with Crippen LogP contribution in [0.25, 0.3) is 0 Å². The molecule has 2 aliphatic rings. The summed E-state index contributed by atoms with van der Waals surface area (Å²) >= 11 is 0. The van der Waals surface area contributed by atoms with Gasteiger partial charge in [-0.3, -0.25) is 14.5 Å². The zero-order chi connectivity index (χ0) is 16.8. The molecule has 1 aliphatic carbocycles. The summed E-state index contributed by atoms with van der Waals surface area (Å²) in [6, 6.07) is 2.90. The molecule has 2 N–H and O–H groups in total. The lowest BCUT2D eigenvalue weighted by Crippen LogP contribution is -2.54. The minimum absolute atomic E-state index is 0.0138. The highest BCUT2D eigenvalue weighted by Crippen LogP contribution is 2.46. The van der Waals surface area contributed by atoms with Crippen LogP contribution in [0.15, 0.2) is 18.3 Å². The summed E-state index contributed by atoms with van der Waals surface area (Å²) in [4.78, 5) is 41.3. The summed E-state index contributed by atoms with van der Waals surface area (Å²) in [7, 11) is 0. The average Bonchev–Trinajstić information content (AvgIpc) is 3.00. The minimum Gasteiger partial charge on any atom is -0.359 e. The maximum Gasteiger partial charge on any atom is 0.325 e. The molecule has 6 heteroatoms. The number of H-pyrrole nitrogens is 1. The molecular weight excluding hydrogens is 294 g/mol. The van der Waals surface area contributed by atoms with Crippen molar-refractivity contribution in [3.8, 4) is 0 Å². The Hall–Kier alpha value is -2.11. The number of carbonyl (C=O) groups is 3. The first-order valence-corrected chi connectivity index (χ1v) is 8.03. The molecule has 0 aromatic carbocycles. The van der Waals surface area contributed by atoms with E-state index in [4.69, 9.17) is 0 Å². The van der Waals surface area contributed by atoms with Gasteiger partial charge in [0, 0.05) is 6.20 Å². The standard InChI is InChI=1S/C17H23N3O3/c1-11-7-16(2,3)10-17(8-11)14(22)20(15(23)19-17)9-13(21)12-5-4-6-18-12/h4-6,11,18H,7-10H2,1-3H3,(H,19,23)/t11-,17+/m1/s1. The maximum absolute atomic E-state index is 12.9. The number of aromatic amines is 1. The molecule has 1 saturated carbocycles. The number of urea groups is 1. The fraction of sp³-hybridized carbons (Fsp3) is 0.588. The summed E-state index contributed by atoms with van der Waals surface area (Å²) < 4.78 is 0. The van der Waals surface area contributed by atoms with Gasteiger partial charge >= 0.3 is 6.03 Å². The zero-order valence-corrected chi connectivity index (χ0v) is 13.8. The monoisotopic (exact) mass is 317 g/mol. The van der Waals surface area contributed by atoms with E-state index in [1.165, 1.54) is 0 Å². The van der Waals surface area contributed by atoms with E-state index in [0.717, 1.165) is 11.3 Å². The second-order valence-corrected chi connectivity index (χ2v) is 7.76. The van der Waals surface area contributed by atoms with Gasteiger partial charge in [0.2, 0.25) is 0 Å². The third-order valence-corrected chi connectivity index (χ3v) is 4.82. The van der Waals surface area contributed by atoms with Crippen LogP contribution in [0.1, 0.15) is 50.5 Å². The van der Waals surface area contributed by atoms with Crippen LogP contribution in [-0.2, 0) is 4.79 Å². The number of imide groups is 1. The molecule has 2 atom stereocenters. The van der Waals surface area contributed by atoms with Gasteiger partial charge in [0.25, 0.3) is 5.91 Å². The Morgan fingerprint density at radius 1 is 1.35 bits per heavy atom. The van der Waals surface area contributed by atoms with Gasteiger partial charge in [-0.1, -0.05) is 20.8 Å². The topological polar surface area (TPSA) is 82.3 Å². The highest BCUT2D eigenvalue weighted by molar-refractivity contribution is 6.11. The molecular formula is C17H23N3O3. The van der Waals surface area contributed by atoms with E-state index >= 15 is 0 Å². The predicted molar refractivity (Wildman–Crippen MR) is 84.9 cm³/mol. The number of ketones is 1.